The standard InChI is InChI=1S/C17H19ClN4O4/c18-11-4-1-3-10(9-11)13-6-7-14(26-13)15(23)22-12(16(24)25)5-2-8-21-17(19)20/h1,3-4,6-7,9,12H,2,5,8H2,(H,22,23)(H,24,25)(H4,19,20,21)/t12-/m1/s1. The van der Waals surface area contributed by atoms with Crippen LogP contribution in [-0.4, -0.2) is 35.5 Å². The van der Waals surface area contributed by atoms with Crippen LogP contribution in [0.5, 0.6) is 0 Å². The Bertz CT molecular complexity index is 815. The number of rotatable bonds is 8. The number of nitrogens with zero attached hydrogens (tertiary/aromatic N) is 1. The van der Waals surface area contributed by atoms with Crippen LogP contribution >= 0.6 is 11.6 Å². The Kier molecular flexibility index (Phi) is 6.62. The molecule has 6 N–H and O–H groups in total. The highest BCUT2D eigenvalue weighted by molar-refractivity contribution is 6.30. The van der Waals surface area contributed by atoms with Gasteiger partial charge in [0.2, 0.25) is 0 Å². The van der Waals surface area contributed by atoms with E-state index >= 15 is 0 Å². The van der Waals surface area contributed by atoms with Crippen LogP contribution in [-0.2, 0) is 4.79 Å². The van der Waals surface area contributed by atoms with Gasteiger partial charge in [-0.1, -0.05) is 23.7 Å². The molecule has 2 rings (SSSR count). The number of hydrogen-bond acceptors (Lipinski definition) is 4. The van der Waals surface area contributed by atoms with Crippen molar-refractivity contribution in [2.45, 2.75) is 18.9 Å². The van der Waals surface area contributed by atoms with Gasteiger partial charge in [-0.15, -0.1) is 0 Å². The maximum atomic E-state index is 12.3. The molecule has 1 heterocycles. The molecule has 0 aliphatic rings. The average Bonchev–Trinajstić information content (AvgIpc) is 3.07. The maximum Gasteiger partial charge on any atom is 0.326 e. The van der Waals surface area contributed by atoms with Crippen LogP contribution < -0.4 is 16.8 Å². The fourth-order valence-corrected chi connectivity index (χ4v) is 2.44. The lowest BCUT2D eigenvalue weighted by Crippen LogP contribution is -2.40. The lowest BCUT2D eigenvalue weighted by Gasteiger charge is -2.12. The smallest absolute Gasteiger partial charge is 0.326 e. The molecule has 1 amide bonds. The van der Waals surface area contributed by atoms with Gasteiger partial charge < -0.3 is 26.3 Å². The molecule has 0 saturated heterocycles. The van der Waals surface area contributed by atoms with E-state index < -0.39 is 17.9 Å². The molecule has 0 saturated carbocycles. The molecule has 0 bridgehead atoms. The molecule has 0 aliphatic heterocycles. The van der Waals surface area contributed by atoms with Crippen LogP contribution in [0.25, 0.3) is 11.3 Å². The van der Waals surface area contributed by atoms with E-state index in [2.05, 4.69) is 10.3 Å². The first kappa shape index (κ1) is 19.3. The predicted molar refractivity (Wildman–Crippen MR) is 98.0 cm³/mol. The topological polar surface area (TPSA) is 144 Å². The van der Waals surface area contributed by atoms with Gasteiger partial charge in [0.15, 0.2) is 11.7 Å². The first-order chi connectivity index (χ1) is 12.4. The van der Waals surface area contributed by atoms with E-state index in [4.69, 9.17) is 27.5 Å². The Morgan fingerprint density at radius 2 is 2.04 bits per heavy atom. The number of carbonyl (C=O) groups excluding carboxylic acids is 1. The number of amides is 1. The van der Waals surface area contributed by atoms with E-state index in [0.717, 1.165) is 0 Å². The third kappa shape index (κ3) is 5.52. The second-order valence-corrected chi connectivity index (χ2v) is 5.92. The molecule has 0 spiro atoms. The van der Waals surface area contributed by atoms with E-state index in [9.17, 15) is 14.7 Å². The van der Waals surface area contributed by atoms with E-state index in [1.54, 1.807) is 30.3 Å². The maximum absolute atomic E-state index is 12.3. The summed E-state index contributed by atoms with van der Waals surface area (Å²) in [4.78, 5) is 27.3. The van der Waals surface area contributed by atoms with E-state index in [-0.39, 0.29) is 24.7 Å². The minimum Gasteiger partial charge on any atom is -0.480 e. The Morgan fingerprint density at radius 3 is 2.69 bits per heavy atom. The summed E-state index contributed by atoms with van der Waals surface area (Å²) in [7, 11) is 0. The van der Waals surface area contributed by atoms with Crippen molar-refractivity contribution in [1.82, 2.24) is 5.32 Å². The zero-order valence-electron chi connectivity index (χ0n) is 13.8. The average molecular weight is 379 g/mol. The fraction of sp³-hybridized carbons (Fsp3) is 0.235. The van der Waals surface area contributed by atoms with Gasteiger partial charge in [0.25, 0.3) is 5.91 Å². The number of halogens is 1. The number of carboxylic acids is 1. The van der Waals surface area contributed by atoms with Crippen LogP contribution in [0, 0.1) is 0 Å². The number of aliphatic imine (C=N–C) groups is 1. The normalized spacial score (nSPS) is 11.6. The third-order valence-corrected chi connectivity index (χ3v) is 3.72. The molecule has 138 valence electrons. The molecule has 2 aromatic rings. The summed E-state index contributed by atoms with van der Waals surface area (Å²) < 4.78 is 5.51. The highest BCUT2D eigenvalue weighted by Gasteiger charge is 2.22. The highest BCUT2D eigenvalue weighted by Crippen LogP contribution is 2.24. The van der Waals surface area contributed by atoms with Gasteiger partial charge in [0.1, 0.15) is 11.8 Å². The van der Waals surface area contributed by atoms with Crippen molar-refractivity contribution in [3.8, 4) is 11.3 Å². The molecular formula is C17H19ClN4O4. The number of carbonyl (C=O) groups is 2. The van der Waals surface area contributed by atoms with Crippen molar-refractivity contribution in [3.63, 3.8) is 0 Å². The zero-order chi connectivity index (χ0) is 19.1. The summed E-state index contributed by atoms with van der Waals surface area (Å²) in [6.45, 7) is 0.279. The number of nitrogens with one attached hydrogen (secondary N) is 1. The molecule has 0 fully saturated rings. The van der Waals surface area contributed by atoms with Gasteiger partial charge in [-0.25, -0.2) is 4.79 Å². The van der Waals surface area contributed by atoms with Gasteiger partial charge in [0, 0.05) is 17.1 Å². The highest BCUT2D eigenvalue weighted by atomic mass is 35.5. The monoisotopic (exact) mass is 378 g/mol. The van der Waals surface area contributed by atoms with Gasteiger partial charge >= 0.3 is 5.97 Å². The molecule has 9 heteroatoms. The van der Waals surface area contributed by atoms with Crippen LogP contribution in [0.3, 0.4) is 0 Å². The first-order valence-electron chi connectivity index (χ1n) is 7.81. The number of hydrogen-bond donors (Lipinski definition) is 4. The minimum absolute atomic E-state index is 0.00967. The quantitative estimate of drug-likeness (QED) is 0.313. The summed E-state index contributed by atoms with van der Waals surface area (Å²) in [6.07, 6.45) is 0.584. The molecular weight excluding hydrogens is 360 g/mol. The Hall–Kier alpha value is -3.00. The lowest BCUT2D eigenvalue weighted by molar-refractivity contribution is -0.139. The molecule has 1 aromatic carbocycles. The van der Waals surface area contributed by atoms with Gasteiger partial charge in [-0.3, -0.25) is 9.79 Å². The Labute approximate surface area is 154 Å². The van der Waals surface area contributed by atoms with E-state index in [0.29, 0.717) is 22.8 Å². The largest absolute Gasteiger partial charge is 0.480 e. The van der Waals surface area contributed by atoms with Gasteiger partial charge in [-0.05, 0) is 37.1 Å². The molecule has 1 aromatic heterocycles. The van der Waals surface area contributed by atoms with Crippen molar-refractivity contribution >= 4 is 29.4 Å². The number of furan rings is 1. The van der Waals surface area contributed by atoms with Crippen LogP contribution in [0.15, 0.2) is 45.8 Å². The number of nitrogens with two attached hydrogens (primary N) is 2. The second-order valence-electron chi connectivity index (χ2n) is 5.49. The summed E-state index contributed by atoms with van der Waals surface area (Å²) in [6, 6.07) is 9.00. The molecule has 1 atom stereocenters. The van der Waals surface area contributed by atoms with Crippen molar-refractivity contribution in [3.05, 3.63) is 47.2 Å². The summed E-state index contributed by atoms with van der Waals surface area (Å²) in [5, 5.41) is 12.2. The van der Waals surface area contributed by atoms with E-state index in [1.165, 1.54) is 6.07 Å². The van der Waals surface area contributed by atoms with E-state index in [1.807, 2.05) is 0 Å². The SMILES string of the molecule is NC(N)=NCCC[C@@H](NC(=O)c1ccc(-c2cccc(Cl)c2)o1)C(=O)O. The zero-order valence-corrected chi connectivity index (χ0v) is 14.6. The van der Waals surface area contributed by atoms with Crippen LogP contribution in [0.2, 0.25) is 5.02 Å². The van der Waals surface area contributed by atoms with Crippen molar-refractivity contribution in [1.29, 1.82) is 0 Å². The predicted octanol–water partition coefficient (Wildman–Crippen LogP) is 1.84. The van der Waals surface area contributed by atoms with Gasteiger partial charge in [-0.2, -0.15) is 0 Å². The molecule has 0 aliphatic carbocycles. The first-order valence-corrected chi connectivity index (χ1v) is 8.19. The number of aliphatic carboxylic acids is 1. The molecule has 0 radical (unpaired) electrons. The van der Waals surface area contributed by atoms with Crippen molar-refractivity contribution in [2.75, 3.05) is 6.54 Å². The lowest BCUT2D eigenvalue weighted by atomic mass is 10.1. The number of benzene rings is 1. The Morgan fingerprint density at radius 1 is 1.27 bits per heavy atom. The molecule has 26 heavy (non-hydrogen) atoms. The number of guanidine groups is 1. The Balaban J connectivity index is 2.01. The summed E-state index contributed by atoms with van der Waals surface area (Å²) >= 11 is 5.94. The van der Waals surface area contributed by atoms with Gasteiger partial charge in [0.05, 0.1) is 0 Å². The van der Waals surface area contributed by atoms with Crippen LogP contribution in [0.1, 0.15) is 23.4 Å². The molecule has 0 unspecified atom stereocenters. The minimum atomic E-state index is -1.15. The van der Waals surface area contributed by atoms with Crippen molar-refractivity contribution < 1.29 is 19.1 Å². The fourth-order valence-electron chi connectivity index (χ4n) is 2.25. The van der Waals surface area contributed by atoms with Crippen molar-refractivity contribution in [2.24, 2.45) is 16.5 Å². The summed E-state index contributed by atoms with van der Waals surface area (Å²) in [5.74, 6) is -1.37. The second kappa shape index (κ2) is 8.91. The van der Waals surface area contributed by atoms with Crippen LogP contribution in [0.4, 0.5) is 0 Å². The number of carboxylic acid groups (broad SMARTS) is 1. The molecule has 8 nitrogen and oxygen atoms in total. The third-order valence-electron chi connectivity index (χ3n) is 3.49. The summed E-state index contributed by atoms with van der Waals surface area (Å²) in [5.41, 5.74) is 11.1.